The number of para-hydroxylation sites is 1. The molecule has 1 atom stereocenters. The summed E-state index contributed by atoms with van der Waals surface area (Å²) in [6.45, 7) is 5.01. The van der Waals surface area contributed by atoms with Crippen LogP contribution in [0.3, 0.4) is 0 Å². The van der Waals surface area contributed by atoms with Crippen LogP contribution in [0, 0.1) is 0 Å². The number of halogens is 1. The fourth-order valence-corrected chi connectivity index (χ4v) is 4.04. The van der Waals surface area contributed by atoms with Crippen LogP contribution < -0.4 is 0 Å². The Morgan fingerprint density at radius 3 is 2.48 bits per heavy atom. The van der Waals surface area contributed by atoms with E-state index >= 15 is 0 Å². The van der Waals surface area contributed by atoms with E-state index in [2.05, 4.69) is 4.98 Å². The predicted octanol–water partition coefficient (Wildman–Crippen LogP) is 8.00. The minimum Gasteiger partial charge on any atom is -0.455 e. The lowest BCUT2D eigenvalue weighted by atomic mass is 9.92. The molecule has 0 bridgehead atoms. The number of nitrogens with zero attached hydrogens (tertiary/aromatic N) is 1. The monoisotopic (exact) mass is 410 g/mol. The van der Waals surface area contributed by atoms with Gasteiger partial charge in [-0.3, -0.25) is 4.98 Å². The van der Waals surface area contributed by atoms with Gasteiger partial charge in [-0.1, -0.05) is 55.5 Å². The van der Waals surface area contributed by atoms with Crippen LogP contribution in [0.15, 0.2) is 89.5 Å². The van der Waals surface area contributed by atoms with Gasteiger partial charge in [0.15, 0.2) is 0 Å². The lowest BCUT2D eigenvalue weighted by Crippen LogP contribution is -2.08. The number of alkyl halides is 1. The Morgan fingerprint density at radius 2 is 1.71 bits per heavy atom. The molecule has 0 aliphatic carbocycles. The molecule has 0 aliphatic heterocycles. The number of pyridine rings is 1. The average molecular weight is 411 g/mol. The Kier molecular flexibility index (Phi) is 4.34. The highest BCUT2D eigenvalue weighted by atomic mass is 19.1. The van der Waals surface area contributed by atoms with E-state index in [1.807, 2.05) is 79.7 Å². The first kappa shape index (κ1) is 18.3. The summed E-state index contributed by atoms with van der Waals surface area (Å²) >= 11 is 0. The van der Waals surface area contributed by atoms with Gasteiger partial charge in [-0.15, -0.1) is 0 Å². The Hall–Kier alpha value is -3.46. The molecule has 0 radical (unpaired) electrons. The maximum absolute atomic E-state index is 14.5. The van der Waals surface area contributed by atoms with Crippen molar-refractivity contribution < 1.29 is 10.2 Å². The summed E-state index contributed by atoms with van der Waals surface area (Å²) in [4.78, 5) is 4.59. The van der Waals surface area contributed by atoms with Crippen molar-refractivity contribution in [1.82, 2.24) is 4.98 Å². The predicted molar refractivity (Wildman–Crippen MR) is 125 cm³/mol. The SMILES string of the molecule is [2H]C(C)(c1ccccc1)c1ccnc(-c2cccc3c2oc2ccc(C(C)(C)F)cc23)c1. The van der Waals surface area contributed by atoms with Crippen LogP contribution in [-0.4, -0.2) is 4.98 Å². The van der Waals surface area contributed by atoms with Crippen LogP contribution >= 0.6 is 0 Å². The van der Waals surface area contributed by atoms with Gasteiger partial charge in [-0.25, -0.2) is 4.39 Å². The zero-order valence-corrected chi connectivity index (χ0v) is 17.8. The molecular weight excluding hydrogens is 385 g/mol. The lowest BCUT2D eigenvalue weighted by molar-refractivity contribution is 0.221. The summed E-state index contributed by atoms with van der Waals surface area (Å²) in [5.74, 6) is -0.914. The molecule has 2 heterocycles. The molecule has 3 aromatic carbocycles. The molecule has 3 heteroatoms. The van der Waals surface area contributed by atoms with Gasteiger partial charge in [-0.2, -0.15) is 0 Å². The van der Waals surface area contributed by atoms with Crippen molar-refractivity contribution in [3.63, 3.8) is 0 Å². The van der Waals surface area contributed by atoms with Gasteiger partial charge in [0.1, 0.15) is 16.8 Å². The zero-order valence-electron chi connectivity index (χ0n) is 18.8. The largest absolute Gasteiger partial charge is 0.455 e. The van der Waals surface area contributed by atoms with Crippen LogP contribution in [0.1, 0.15) is 44.7 Å². The van der Waals surface area contributed by atoms with Gasteiger partial charge in [0, 0.05) is 29.8 Å². The molecule has 154 valence electrons. The molecule has 0 saturated heterocycles. The number of hydrogen-bond donors (Lipinski definition) is 0. The maximum atomic E-state index is 14.5. The highest BCUT2D eigenvalue weighted by Crippen LogP contribution is 2.38. The summed E-state index contributed by atoms with van der Waals surface area (Å²) in [5.41, 5.74) is 3.98. The molecule has 0 saturated carbocycles. The number of furan rings is 1. The maximum Gasteiger partial charge on any atom is 0.144 e. The standard InChI is InChI=1S/C28H24FNO/c1-18(19-8-5-4-6-9-19)20-14-15-30-25(16-20)23-11-7-10-22-24-17-21(28(2,3)29)12-13-26(24)31-27(22)23/h4-18H,1-3H3/i18D. The molecule has 2 nitrogen and oxygen atoms in total. The van der Waals surface area contributed by atoms with E-state index in [0.717, 1.165) is 33.2 Å². The molecule has 0 aliphatic rings. The molecule has 5 aromatic rings. The Morgan fingerprint density at radius 1 is 0.903 bits per heavy atom. The topological polar surface area (TPSA) is 26.0 Å². The number of rotatable bonds is 4. The summed E-state index contributed by atoms with van der Waals surface area (Å²) in [6, 6.07) is 25.0. The van der Waals surface area contributed by atoms with E-state index in [4.69, 9.17) is 5.79 Å². The third-order valence-electron chi connectivity index (χ3n) is 5.86. The molecule has 0 fully saturated rings. The van der Waals surface area contributed by atoms with Crippen molar-refractivity contribution in [2.24, 2.45) is 0 Å². The van der Waals surface area contributed by atoms with Gasteiger partial charge >= 0.3 is 0 Å². The third-order valence-corrected chi connectivity index (χ3v) is 5.86. The number of benzene rings is 3. The average Bonchev–Trinajstić information content (AvgIpc) is 3.17. The Balaban J connectivity index is 1.67. The van der Waals surface area contributed by atoms with Gasteiger partial charge in [-0.05, 0) is 60.9 Å². The van der Waals surface area contributed by atoms with Crippen molar-refractivity contribution in [1.29, 1.82) is 0 Å². The first-order chi connectivity index (χ1) is 15.2. The fraction of sp³-hybridized carbons (Fsp3) is 0.179. The van der Waals surface area contributed by atoms with Crippen LogP contribution in [0.25, 0.3) is 33.2 Å². The van der Waals surface area contributed by atoms with E-state index in [9.17, 15) is 4.39 Å². The smallest absolute Gasteiger partial charge is 0.144 e. The molecule has 5 rings (SSSR count). The van der Waals surface area contributed by atoms with E-state index in [1.165, 1.54) is 0 Å². The van der Waals surface area contributed by atoms with E-state index in [1.54, 1.807) is 26.1 Å². The molecule has 0 N–H and O–H groups in total. The molecule has 1 unspecified atom stereocenters. The van der Waals surface area contributed by atoms with Crippen molar-refractivity contribution in [2.75, 3.05) is 0 Å². The minimum absolute atomic E-state index is 0.617. The second-order valence-electron chi connectivity index (χ2n) is 8.39. The van der Waals surface area contributed by atoms with Crippen molar-refractivity contribution in [3.05, 3.63) is 102 Å². The summed E-state index contributed by atoms with van der Waals surface area (Å²) in [7, 11) is 0. The highest BCUT2D eigenvalue weighted by molar-refractivity contribution is 6.09. The van der Waals surface area contributed by atoms with Gasteiger partial charge in [0.25, 0.3) is 0 Å². The van der Waals surface area contributed by atoms with Crippen LogP contribution in [0.4, 0.5) is 4.39 Å². The van der Waals surface area contributed by atoms with Crippen LogP contribution in [0.5, 0.6) is 0 Å². The first-order valence-corrected chi connectivity index (χ1v) is 10.4. The lowest BCUT2D eigenvalue weighted by Gasteiger charge is -2.14. The second kappa shape index (κ2) is 7.35. The summed E-state index contributed by atoms with van der Waals surface area (Å²) < 4.78 is 29.8. The van der Waals surface area contributed by atoms with Gasteiger partial charge in [0.05, 0.1) is 5.69 Å². The normalized spacial score (nSPS) is 14.5. The summed E-state index contributed by atoms with van der Waals surface area (Å²) in [6.07, 6.45) is 1.74. The molecular formula is C28H24FNO. The van der Waals surface area contributed by atoms with Crippen LogP contribution in [-0.2, 0) is 5.67 Å². The fourth-order valence-electron chi connectivity index (χ4n) is 4.04. The van der Waals surface area contributed by atoms with E-state index in [0.29, 0.717) is 16.7 Å². The molecule has 2 aromatic heterocycles. The zero-order chi connectivity index (χ0) is 22.5. The van der Waals surface area contributed by atoms with E-state index < -0.39 is 11.6 Å². The number of fused-ring (bicyclic) bond motifs is 3. The van der Waals surface area contributed by atoms with Crippen molar-refractivity contribution in [3.8, 4) is 11.3 Å². The quantitative estimate of drug-likeness (QED) is 0.300. The van der Waals surface area contributed by atoms with Crippen molar-refractivity contribution in [2.45, 2.75) is 32.3 Å². The summed E-state index contributed by atoms with van der Waals surface area (Å²) in [5, 5.41) is 1.81. The second-order valence-corrected chi connectivity index (χ2v) is 8.39. The first-order valence-electron chi connectivity index (χ1n) is 10.9. The Bertz CT molecular complexity index is 1430. The molecule has 0 spiro atoms. The molecule has 31 heavy (non-hydrogen) atoms. The minimum atomic E-state index is -1.43. The third kappa shape index (κ3) is 3.50. The van der Waals surface area contributed by atoms with Crippen LogP contribution in [0.2, 0.25) is 0 Å². The Labute approximate surface area is 182 Å². The molecule has 0 amide bonds. The van der Waals surface area contributed by atoms with E-state index in [-0.39, 0.29) is 0 Å². The van der Waals surface area contributed by atoms with Gasteiger partial charge in [0.2, 0.25) is 0 Å². The number of hydrogen-bond acceptors (Lipinski definition) is 2. The van der Waals surface area contributed by atoms with Gasteiger partial charge < -0.3 is 4.42 Å². The van der Waals surface area contributed by atoms with Crippen molar-refractivity contribution >= 4 is 21.9 Å². The number of aromatic nitrogens is 1. The highest BCUT2D eigenvalue weighted by Gasteiger charge is 2.21.